The topological polar surface area (TPSA) is 86.6 Å². The summed E-state index contributed by atoms with van der Waals surface area (Å²) in [5.41, 5.74) is -1.14. The first-order valence-corrected chi connectivity index (χ1v) is 7.12. The molecule has 21 heavy (non-hydrogen) atoms. The summed E-state index contributed by atoms with van der Waals surface area (Å²) in [6.45, 7) is 1.30. The molecule has 1 aromatic rings. The van der Waals surface area contributed by atoms with E-state index in [4.69, 9.17) is 16.7 Å². The van der Waals surface area contributed by atoms with Crippen molar-refractivity contribution in [2.45, 2.75) is 37.2 Å². The van der Waals surface area contributed by atoms with E-state index in [1.807, 2.05) is 12.1 Å². The normalized spacial score (nSPS) is 18.6. The van der Waals surface area contributed by atoms with Crippen LogP contribution in [0.5, 0.6) is 0 Å². The molecule has 0 aromatic heterocycles. The van der Waals surface area contributed by atoms with E-state index < -0.39 is 23.4 Å². The fraction of sp³-hybridized carbons (Fsp3) is 0.467. The van der Waals surface area contributed by atoms with Gasteiger partial charge in [0.1, 0.15) is 0 Å². The second kappa shape index (κ2) is 5.66. The molecular weight excluding hydrogens is 294 g/mol. The van der Waals surface area contributed by atoms with Crippen molar-refractivity contribution in [3.05, 3.63) is 34.9 Å². The lowest BCUT2D eigenvalue weighted by molar-refractivity contribution is -0.142. The van der Waals surface area contributed by atoms with Crippen LogP contribution in [0.2, 0.25) is 5.02 Å². The third-order valence-corrected chi connectivity index (χ3v) is 4.00. The Morgan fingerprint density at radius 2 is 1.90 bits per heavy atom. The Hall–Kier alpha value is -1.59. The first kappa shape index (κ1) is 15.8. The lowest BCUT2D eigenvalue weighted by Crippen LogP contribution is -2.45. The zero-order valence-electron chi connectivity index (χ0n) is 11.7. The van der Waals surface area contributed by atoms with Crippen LogP contribution in [0.3, 0.4) is 0 Å². The van der Waals surface area contributed by atoms with Crippen LogP contribution in [0.25, 0.3) is 0 Å². The molecule has 0 bridgehead atoms. The Bertz CT molecular complexity index is 549. The quantitative estimate of drug-likeness (QED) is 0.746. The molecule has 0 heterocycles. The summed E-state index contributed by atoms with van der Waals surface area (Å²) in [6, 6.07) is 7.13. The molecule has 0 aliphatic heterocycles. The van der Waals surface area contributed by atoms with Crippen LogP contribution >= 0.6 is 11.6 Å². The molecule has 3 N–H and O–H groups in total. The van der Waals surface area contributed by atoms with Gasteiger partial charge in [0.05, 0.1) is 17.4 Å². The summed E-state index contributed by atoms with van der Waals surface area (Å²) in [5.74, 6) is -1.29. The van der Waals surface area contributed by atoms with Gasteiger partial charge in [0.2, 0.25) is 5.91 Å². The largest absolute Gasteiger partial charge is 0.481 e. The number of benzene rings is 1. The van der Waals surface area contributed by atoms with Gasteiger partial charge in [-0.1, -0.05) is 23.7 Å². The van der Waals surface area contributed by atoms with E-state index in [2.05, 4.69) is 5.32 Å². The van der Waals surface area contributed by atoms with Crippen LogP contribution in [0, 0.1) is 0 Å². The zero-order chi connectivity index (χ0) is 15.7. The van der Waals surface area contributed by atoms with Gasteiger partial charge in [0.15, 0.2) is 0 Å². The van der Waals surface area contributed by atoms with Crippen molar-refractivity contribution in [2.24, 2.45) is 0 Å². The van der Waals surface area contributed by atoms with E-state index in [1.165, 1.54) is 6.92 Å². The minimum absolute atomic E-state index is 0.0898. The monoisotopic (exact) mass is 311 g/mol. The van der Waals surface area contributed by atoms with E-state index in [0.29, 0.717) is 5.02 Å². The molecule has 114 valence electrons. The highest BCUT2D eigenvalue weighted by atomic mass is 35.5. The molecule has 0 spiro atoms. The van der Waals surface area contributed by atoms with Crippen molar-refractivity contribution in [2.75, 3.05) is 6.54 Å². The number of nitrogens with one attached hydrogen (secondary N) is 1. The molecule has 2 rings (SSSR count). The first-order chi connectivity index (χ1) is 9.75. The fourth-order valence-electron chi connectivity index (χ4n) is 2.37. The molecule has 0 radical (unpaired) electrons. The predicted molar refractivity (Wildman–Crippen MR) is 78.3 cm³/mol. The van der Waals surface area contributed by atoms with E-state index in [9.17, 15) is 14.7 Å². The number of carbonyl (C=O) groups excluding carboxylic acids is 1. The molecule has 6 heteroatoms. The maximum absolute atomic E-state index is 12.3. The van der Waals surface area contributed by atoms with Gasteiger partial charge in [0.25, 0.3) is 0 Å². The summed E-state index contributed by atoms with van der Waals surface area (Å²) >= 11 is 5.84. The molecule has 1 saturated carbocycles. The number of amides is 1. The van der Waals surface area contributed by atoms with E-state index in [-0.39, 0.29) is 12.5 Å². The second-order valence-electron chi connectivity index (χ2n) is 5.84. The Labute approximate surface area is 127 Å². The van der Waals surface area contributed by atoms with Crippen molar-refractivity contribution >= 4 is 23.5 Å². The van der Waals surface area contributed by atoms with Gasteiger partial charge >= 0.3 is 5.97 Å². The first-order valence-electron chi connectivity index (χ1n) is 6.74. The van der Waals surface area contributed by atoms with Gasteiger partial charge in [-0.25, -0.2) is 0 Å². The van der Waals surface area contributed by atoms with Gasteiger partial charge in [-0.2, -0.15) is 0 Å². The number of aliphatic carboxylic acids is 1. The molecule has 1 aromatic carbocycles. The number of halogens is 1. The molecule has 1 atom stereocenters. The predicted octanol–water partition coefficient (Wildman–Crippen LogP) is 1.71. The third kappa shape index (κ3) is 3.74. The number of carboxylic acid groups (broad SMARTS) is 1. The highest BCUT2D eigenvalue weighted by Gasteiger charge is 2.51. The van der Waals surface area contributed by atoms with Gasteiger partial charge in [-0.05, 0) is 37.5 Å². The molecule has 5 nitrogen and oxygen atoms in total. The van der Waals surface area contributed by atoms with Gasteiger partial charge in [-0.15, -0.1) is 0 Å². The van der Waals surface area contributed by atoms with Crippen LogP contribution in [0.1, 0.15) is 31.7 Å². The summed E-state index contributed by atoms with van der Waals surface area (Å²) in [6.07, 6.45) is 1.06. The van der Waals surface area contributed by atoms with Crippen LogP contribution < -0.4 is 5.32 Å². The highest BCUT2D eigenvalue weighted by Crippen LogP contribution is 2.48. The number of rotatable bonds is 6. The van der Waals surface area contributed by atoms with Crippen LogP contribution in [0.4, 0.5) is 0 Å². The molecule has 1 aliphatic rings. The minimum Gasteiger partial charge on any atom is -0.481 e. The Morgan fingerprint density at radius 3 is 2.38 bits per heavy atom. The van der Waals surface area contributed by atoms with Crippen molar-refractivity contribution < 1.29 is 19.8 Å². The van der Waals surface area contributed by atoms with Gasteiger partial charge in [0, 0.05) is 11.6 Å². The fourth-order valence-corrected chi connectivity index (χ4v) is 2.49. The van der Waals surface area contributed by atoms with Crippen molar-refractivity contribution in [1.82, 2.24) is 5.32 Å². The van der Waals surface area contributed by atoms with Crippen LogP contribution in [-0.4, -0.2) is 34.2 Å². The third-order valence-electron chi connectivity index (χ3n) is 3.74. The van der Waals surface area contributed by atoms with Crippen molar-refractivity contribution in [3.8, 4) is 0 Å². The molecule has 1 fully saturated rings. The Balaban J connectivity index is 2.00. The number of aliphatic hydroxyl groups is 1. The number of hydrogen-bond donors (Lipinski definition) is 3. The zero-order valence-corrected chi connectivity index (χ0v) is 12.5. The Kier molecular flexibility index (Phi) is 4.25. The smallest absolute Gasteiger partial charge is 0.306 e. The summed E-state index contributed by atoms with van der Waals surface area (Å²) in [5, 5.41) is 21.9. The maximum Gasteiger partial charge on any atom is 0.306 e. The van der Waals surface area contributed by atoms with E-state index in [0.717, 1.165) is 18.4 Å². The van der Waals surface area contributed by atoms with Gasteiger partial charge in [-0.3, -0.25) is 9.59 Å². The number of carbonyl (C=O) groups is 2. The van der Waals surface area contributed by atoms with Crippen molar-refractivity contribution in [1.29, 1.82) is 0 Å². The Morgan fingerprint density at radius 1 is 1.33 bits per heavy atom. The standard InChI is InChI=1S/C15H18ClNO4/c1-14(21,8-12(18)19)9-17-13(20)15(6-7-15)10-2-4-11(16)5-3-10/h2-5,21H,6-9H2,1H3,(H,17,20)(H,18,19). The van der Waals surface area contributed by atoms with Crippen LogP contribution in [0.15, 0.2) is 24.3 Å². The maximum atomic E-state index is 12.3. The van der Waals surface area contributed by atoms with E-state index >= 15 is 0 Å². The summed E-state index contributed by atoms with van der Waals surface area (Å²) in [4.78, 5) is 23.0. The number of carboxylic acids is 1. The SMILES string of the molecule is CC(O)(CNC(=O)C1(c2ccc(Cl)cc2)CC1)CC(=O)O. The lowest BCUT2D eigenvalue weighted by atomic mass is 9.94. The number of hydrogen-bond acceptors (Lipinski definition) is 3. The molecule has 1 amide bonds. The highest BCUT2D eigenvalue weighted by molar-refractivity contribution is 6.30. The molecule has 1 aliphatic carbocycles. The summed E-state index contributed by atoms with van der Waals surface area (Å²) in [7, 11) is 0. The average molecular weight is 312 g/mol. The van der Waals surface area contributed by atoms with Crippen LogP contribution in [-0.2, 0) is 15.0 Å². The second-order valence-corrected chi connectivity index (χ2v) is 6.28. The molecular formula is C15H18ClNO4. The summed E-state index contributed by atoms with van der Waals surface area (Å²) < 4.78 is 0. The minimum atomic E-state index is -1.46. The molecule has 1 unspecified atom stereocenters. The lowest BCUT2D eigenvalue weighted by Gasteiger charge is -2.23. The molecule has 0 saturated heterocycles. The van der Waals surface area contributed by atoms with Crippen molar-refractivity contribution in [3.63, 3.8) is 0 Å². The van der Waals surface area contributed by atoms with E-state index in [1.54, 1.807) is 12.1 Å². The average Bonchev–Trinajstić information content (AvgIpc) is 3.17. The van der Waals surface area contributed by atoms with Gasteiger partial charge < -0.3 is 15.5 Å².